The predicted molar refractivity (Wildman–Crippen MR) is 170 cm³/mol. The average Bonchev–Trinajstić information content (AvgIpc) is 3.00. The van der Waals surface area contributed by atoms with Crippen LogP contribution in [0.3, 0.4) is 0 Å². The number of nitrogens with zero attached hydrogens (tertiary/aromatic N) is 1. The number of ether oxygens (including phenoxy) is 1. The molecule has 0 radical (unpaired) electrons. The van der Waals surface area contributed by atoms with Gasteiger partial charge in [0.25, 0.3) is 5.56 Å². The predicted octanol–water partition coefficient (Wildman–Crippen LogP) is 7.14. The molecule has 8 heteroatoms. The molecule has 2 N–H and O–H groups in total. The number of pyridine rings is 1. The summed E-state index contributed by atoms with van der Waals surface area (Å²) in [5.41, 5.74) is 4.26. The Labute approximate surface area is 257 Å². The third-order valence-electron chi connectivity index (χ3n) is 7.46. The fourth-order valence-corrected chi connectivity index (χ4v) is 5.52. The molecule has 0 bridgehead atoms. The molecule has 0 fully saturated rings. The summed E-state index contributed by atoms with van der Waals surface area (Å²) in [4.78, 5) is 39.7. The molecule has 2 atom stereocenters. The molecular formula is C35H37ClN2O5. The van der Waals surface area contributed by atoms with Crippen molar-refractivity contribution in [3.63, 3.8) is 0 Å². The lowest BCUT2D eigenvalue weighted by Gasteiger charge is -2.25. The van der Waals surface area contributed by atoms with Crippen molar-refractivity contribution in [2.24, 2.45) is 0 Å². The fraction of sp³-hybridized carbons (Fsp3) is 0.286. The van der Waals surface area contributed by atoms with Crippen LogP contribution in [0.15, 0.2) is 89.9 Å². The quantitative estimate of drug-likeness (QED) is 0.170. The van der Waals surface area contributed by atoms with Crippen molar-refractivity contribution in [2.45, 2.75) is 58.0 Å². The van der Waals surface area contributed by atoms with E-state index in [0.717, 1.165) is 28.7 Å². The van der Waals surface area contributed by atoms with Gasteiger partial charge in [-0.1, -0.05) is 86.0 Å². The van der Waals surface area contributed by atoms with Crippen molar-refractivity contribution in [1.82, 2.24) is 9.88 Å². The highest BCUT2D eigenvalue weighted by molar-refractivity contribution is 6.31. The van der Waals surface area contributed by atoms with Gasteiger partial charge in [-0.15, -0.1) is 0 Å². The Morgan fingerprint density at radius 1 is 1.00 bits per heavy atom. The van der Waals surface area contributed by atoms with Crippen molar-refractivity contribution < 1.29 is 19.4 Å². The summed E-state index contributed by atoms with van der Waals surface area (Å²) in [5, 5.41) is 13.3. The zero-order valence-corrected chi connectivity index (χ0v) is 25.4. The van der Waals surface area contributed by atoms with Gasteiger partial charge in [-0.2, -0.15) is 0 Å². The zero-order valence-electron chi connectivity index (χ0n) is 24.7. The van der Waals surface area contributed by atoms with Crippen molar-refractivity contribution >= 4 is 23.5 Å². The van der Waals surface area contributed by atoms with Gasteiger partial charge in [0, 0.05) is 28.8 Å². The highest BCUT2D eigenvalue weighted by Crippen LogP contribution is 2.32. The number of carbonyl (C=O) groups excluding carboxylic acids is 1. The number of halogens is 1. The molecule has 4 aromatic rings. The number of hydrogen-bond donors (Lipinski definition) is 2. The zero-order chi connectivity index (χ0) is 30.9. The Morgan fingerprint density at radius 2 is 1.74 bits per heavy atom. The fourth-order valence-electron chi connectivity index (χ4n) is 5.32. The van der Waals surface area contributed by atoms with Crippen molar-refractivity contribution in [3.8, 4) is 16.9 Å². The molecule has 7 nitrogen and oxygen atoms in total. The number of carboxylic acid groups (broad SMARTS) is 1. The van der Waals surface area contributed by atoms with E-state index in [1.807, 2.05) is 80.6 Å². The lowest BCUT2D eigenvalue weighted by molar-refractivity contribution is -0.138. The van der Waals surface area contributed by atoms with E-state index >= 15 is 0 Å². The molecule has 0 spiro atoms. The Bertz CT molecular complexity index is 1650. The van der Waals surface area contributed by atoms with E-state index in [9.17, 15) is 19.5 Å². The van der Waals surface area contributed by atoms with Gasteiger partial charge in [0.05, 0.1) is 19.6 Å². The minimum Gasteiger partial charge on any atom is -0.496 e. The number of benzene rings is 3. The number of aryl methyl sites for hydroxylation is 1. The van der Waals surface area contributed by atoms with E-state index in [2.05, 4.69) is 5.32 Å². The molecule has 0 unspecified atom stereocenters. The first-order valence-corrected chi connectivity index (χ1v) is 14.8. The van der Waals surface area contributed by atoms with Crippen LogP contribution in [0.4, 0.5) is 0 Å². The number of unbranched alkanes of at least 4 members (excludes halogenated alkanes) is 1. The average molecular weight is 601 g/mol. The van der Waals surface area contributed by atoms with Crippen LogP contribution in [0.2, 0.25) is 5.02 Å². The highest BCUT2D eigenvalue weighted by atomic mass is 35.5. The normalized spacial score (nSPS) is 12.4. The molecule has 1 heterocycles. The SMILES string of the molecule is CCCC[C@H](C(=O)N[C@@H](CC(=O)O)c1cccc(-c2ccccc2OC)c1)n1cc(C)cc(Cc2ccccc2Cl)c1=O. The minimum absolute atomic E-state index is 0.269. The first-order valence-electron chi connectivity index (χ1n) is 14.4. The number of amides is 1. The summed E-state index contributed by atoms with van der Waals surface area (Å²) in [6, 6.07) is 22.6. The first kappa shape index (κ1) is 31.6. The van der Waals surface area contributed by atoms with Gasteiger partial charge in [-0.25, -0.2) is 0 Å². The van der Waals surface area contributed by atoms with Crippen LogP contribution >= 0.6 is 11.6 Å². The number of para-hydroxylation sites is 1. The second-order valence-electron chi connectivity index (χ2n) is 10.7. The second kappa shape index (κ2) is 14.7. The highest BCUT2D eigenvalue weighted by Gasteiger charge is 2.27. The van der Waals surface area contributed by atoms with Gasteiger partial charge in [0.2, 0.25) is 5.91 Å². The Hall–Kier alpha value is -4.36. The van der Waals surface area contributed by atoms with Crippen LogP contribution in [0, 0.1) is 6.92 Å². The monoisotopic (exact) mass is 600 g/mol. The maximum Gasteiger partial charge on any atom is 0.305 e. The van der Waals surface area contributed by atoms with Gasteiger partial charge >= 0.3 is 5.97 Å². The number of nitrogens with one attached hydrogen (secondary N) is 1. The summed E-state index contributed by atoms with van der Waals surface area (Å²) in [6.45, 7) is 3.91. The number of hydrogen-bond acceptors (Lipinski definition) is 4. The molecule has 1 aromatic heterocycles. The molecule has 224 valence electrons. The van der Waals surface area contributed by atoms with Crippen molar-refractivity contribution in [2.75, 3.05) is 7.11 Å². The maximum absolute atomic E-state index is 14.0. The van der Waals surface area contributed by atoms with Crippen molar-refractivity contribution in [3.05, 3.63) is 123 Å². The third kappa shape index (κ3) is 7.93. The molecule has 3 aromatic carbocycles. The molecule has 1 amide bonds. The number of aliphatic carboxylic acids is 1. The summed E-state index contributed by atoms with van der Waals surface area (Å²) >= 11 is 6.38. The maximum atomic E-state index is 14.0. The number of rotatable bonds is 13. The van der Waals surface area contributed by atoms with E-state index in [0.29, 0.717) is 41.2 Å². The van der Waals surface area contributed by atoms with E-state index in [4.69, 9.17) is 16.3 Å². The number of carbonyl (C=O) groups is 2. The first-order chi connectivity index (χ1) is 20.7. The number of methoxy groups -OCH3 is 1. The Kier molecular flexibility index (Phi) is 10.8. The van der Waals surface area contributed by atoms with E-state index in [1.165, 1.54) is 4.57 Å². The Balaban J connectivity index is 1.69. The van der Waals surface area contributed by atoms with Crippen LogP contribution in [-0.4, -0.2) is 28.7 Å². The smallest absolute Gasteiger partial charge is 0.305 e. The largest absolute Gasteiger partial charge is 0.496 e. The van der Waals surface area contributed by atoms with Gasteiger partial charge in [0.15, 0.2) is 0 Å². The molecule has 43 heavy (non-hydrogen) atoms. The molecule has 0 aliphatic carbocycles. The minimum atomic E-state index is -1.05. The Morgan fingerprint density at radius 3 is 2.47 bits per heavy atom. The van der Waals surface area contributed by atoms with Gasteiger partial charge in [-0.05, 0) is 59.9 Å². The number of carboxylic acids is 1. The molecule has 0 saturated carbocycles. The van der Waals surface area contributed by atoms with Crippen LogP contribution in [0.25, 0.3) is 11.1 Å². The lowest BCUT2D eigenvalue weighted by atomic mass is 9.96. The summed E-state index contributed by atoms with van der Waals surface area (Å²) in [5.74, 6) is -0.767. The van der Waals surface area contributed by atoms with Gasteiger partial charge < -0.3 is 19.7 Å². The molecule has 0 aliphatic heterocycles. The standard InChI is InChI=1S/C35H37ClN2O5/c1-4-5-16-31(38-22-23(2)18-27(35(38)42)20-25-11-6-8-15-29(25)36)34(41)37-30(21-33(39)40)26-13-10-12-24(19-26)28-14-7-9-17-32(28)43-3/h6-15,17-19,22,30-31H,4-5,16,20-21H2,1-3H3,(H,37,41)(H,39,40)/t30-,31+/m0/s1. The van der Waals surface area contributed by atoms with Crippen molar-refractivity contribution in [1.29, 1.82) is 0 Å². The van der Waals surface area contributed by atoms with E-state index in [-0.39, 0.29) is 12.0 Å². The lowest BCUT2D eigenvalue weighted by Crippen LogP contribution is -2.40. The molecule has 4 rings (SSSR count). The second-order valence-corrected chi connectivity index (χ2v) is 11.1. The van der Waals surface area contributed by atoms with Crippen LogP contribution in [0.5, 0.6) is 5.75 Å². The van der Waals surface area contributed by atoms with Crippen LogP contribution < -0.4 is 15.6 Å². The molecular weight excluding hydrogens is 564 g/mol. The van der Waals surface area contributed by atoms with Crippen LogP contribution in [-0.2, 0) is 16.0 Å². The summed E-state index contributed by atoms with van der Waals surface area (Å²) in [7, 11) is 1.60. The topological polar surface area (TPSA) is 97.6 Å². The van der Waals surface area contributed by atoms with Gasteiger partial charge in [0.1, 0.15) is 11.8 Å². The summed E-state index contributed by atoms with van der Waals surface area (Å²) in [6.07, 6.45) is 3.69. The van der Waals surface area contributed by atoms with E-state index in [1.54, 1.807) is 25.4 Å². The summed E-state index contributed by atoms with van der Waals surface area (Å²) < 4.78 is 7.01. The third-order valence-corrected chi connectivity index (χ3v) is 7.83. The van der Waals surface area contributed by atoms with Crippen LogP contribution in [0.1, 0.15) is 66.9 Å². The molecule has 0 aliphatic rings. The van der Waals surface area contributed by atoms with E-state index < -0.39 is 24.0 Å². The number of aromatic nitrogens is 1. The van der Waals surface area contributed by atoms with Gasteiger partial charge in [-0.3, -0.25) is 14.4 Å². The molecule has 0 saturated heterocycles.